The van der Waals surface area contributed by atoms with Crippen molar-refractivity contribution in [2.75, 3.05) is 22.5 Å². The highest BCUT2D eigenvalue weighted by Gasteiger charge is 2.27. The maximum atomic E-state index is 12.6. The predicted octanol–water partition coefficient (Wildman–Crippen LogP) is 4.35. The van der Waals surface area contributed by atoms with E-state index in [1.807, 2.05) is 36.4 Å². The lowest BCUT2D eigenvalue weighted by atomic mass is 10.1. The number of amides is 1. The molecular weight excluding hydrogens is 316 g/mol. The Morgan fingerprint density at radius 3 is 2.88 bits per heavy atom. The topological polar surface area (TPSA) is 32.3 Å². The number of nitrogens with one attached hydrogen (secondary N) is 1. The molecule has 0 saturated carbocycles. The second kappa shape index (κ2) is 7.58. The minimum atomic E-state index is 0.0187. The predicted molar refractivity (Wildman–Crippen MR) is 103 cm³/mol. The Morgan fingerprint density at radius 1 is 1.29 bits per heavy atom. The summed E-state index contributed by atoms with van der Waals surface area (Å²) < 4.78 is 0. The number of rotatable bonds is 6. The van der Waals surface area contributed by atoms with Crippen molar-refractivity contribution in [2.45, 2.75) is 24.3 Å². The number of nitrogens with zero attached hydrogens (tertiary/aromatic N) is 1. The fraction of sp³-hybridized carbons (Fsp3) is 0.250. The van der Waals surface area contributed by atoms with Crippen LogP contribution in [0.15, 0.2) is 66.1 Å². The third-order valence-corrected chi connectivity index (χ3v) is 5.25. The zero-order valence-electron chi connectivity index (χ0n) is 13.9. The van der Waals surface area contributed by atoms with Crippen LogP contribution < -0.4 is 10.2 Å². The van der Waals surface area contributed by atoms with E-state index in [4.69, 9.17) is 0 Å². The largest absolute Gasteiger partial charge is 0.359 e. The third-order valence-electron chi connectivity index (χ3n) is 4.18. The van der Waals surface area contributed by atoms with Gasteiger partial charge >= 0.3 is 0 Å². The van der Waals surface area contributed by atoms with Crippen LogP contribution in [0, 0.1) is 0 Å². The van der Waals surface area contributed by atoms with Gasteiger partial charge in [0, 0.05) is 22.4 Å². The van der Waals surface area contributed by atoms with Crippen LogP contribution >= 0.6 is 11.8 Å². The van der Waals surface area contributed by atoms with Crippen LogP contribution in [0.25, 0.3) is 0 Å². The van der Waals surface area contributed by atoms with Crippen molar-refractivity contribution in [3.63, 3.8) is 0 Å². The molecular formula is C20H22N2OS. The molecule has 1 aliphatic heterocycles. The van der Waals surface area contributed by atoms with Crippen LogP contribution in [-0.2, 0) is 11.2 Å². The summed E-state index contributed by atoms with van der Waals surface area (Å²) in [5.41, 5.74) is 3.36. The highest BCUT2D eigenvalue weighted by Crippen LogP contribution is 2.32. The normalized spacial score (nSPS) is 15.9. The molecule has 1 aliphatic rings. The summed E-state index contributed by atoms with van der Waals surface area (Å²) >= 11 is 1.67. The van der Waals surface area contributed by atoms with E-state index in [1.54, 1.807) is 11.8 Å². The lowest BCUT2D eigenvalue weighted by molar-refractivity contribution is -0.115. The van der Waals surface area contributed by atoms with E-state index >= 15 is 0 Å². The van der Waals surface area contributed by atoms with Crippen LogP contribution in [-0.4, -0.2) is 24.2 Å². The molecule has 0 bridgehead atoms. The molecule has 1 N–H and O–H groups in total. The quantitative estimate of drug-likeness (QED) is 0.627. The summed E-state index contributed by atoms with van der Waals surface area (Å²) in [6.07, 6.45) is 2.86. The molecule has 1 heterocycles. The van der Waals surface area contributed by atoms with Crippen molar-refractivity contribution in [1.82, 2.24) is 0 Å². The molecule has 1 amide bonds. The van der Waals surface area contributed by atoms with Gasteiger partial charge in [0.15, 0.2) is 0 Å². The lowest BCUT2D eigenvalue weighted by Crippen LogP contribution is -2.37. The average molecular weight is 338 g/mol. The van der Waals surface area contributed by atoms with Gasteiger partial charge in [-0.1, -0.05) is 36.4 Å². The number of thioether (sulfide) groups is 1. The summed E-state index contributed by atoms with van der Waals surface area (Å²) in [7, 11) is 0. The average Bonchev–Trinajstić information content (AvgIpc) is 2.90. The number of hydrogen-bond donors (Lipinski definition) is 1. The molecule has 124 valence electrons. The molecule has 0 aliphatic carbocycles. The molecule has 2 aromatic carbocycles. The van der Waals surface area contributed by atoms with E-state index in [0.717, 1.165) is 22.8 Å². The molecule has 1 atom stereocenters. The minimum absolute atomic E-state index is 0.0187. The Hall–Kier alpha value is -2.20. The summed E-state index contributed by atoms with van der Waals surface area (Å²) in [4.78, 5) is 15.8. The number of para-hydroxylation sites is 2. The van der Waals surface area contributed by atoms with Gasteiger partial charge in [0.2, 0.25) is 5.91 Å². The van der Waals surface area contributed by atoms with E-state index < -0.39 is 0 Å². The zero-order valence-corrected chi connectivity index (χ0v) is 14.7. The van der Waals surface area contributed by atoms with Crippen molar-refractivity contribution in [3.8, 4) is 0 Å². The van der Waals surface area contributed by atoms with Gasteiger partial charge in [-0.25, -0.2) is 0 Å². The van der Waals surface area contributed by atoms with Gasteiger partial charge in [-0.05, 0) is 37.1 Å². The van der Waals surface area contributed by atoms with Gasteiger partial charge in [0.1, 0.15) is 0 Å². The molecule has 0 unspecified atom stereocenters. The van der Waals surface area contributed by atoms with Crippen LogP contribution in [0.3, 0.4) is 0 Å². The van der Waals surface area contributed by atoms with Crippen LogP contribution in [0.5, 0.6) is 0 Å². The summed E-state index contributed by atoms with van der Waals surface area (Å²) in [6, 6.07) is 16.6. The van der Waals surface area contributed by atoms with Gasteiger partial charge in [-0.15, -0.1) is 18.3 Å². The SMILES string of the molecule is C=CCSc1ccccc1NC(=O)CN1c2ccccc2C[C@H]1C. The molecule has 3 nitrogen and oxygen atoms in total. The number of fused-ring (bicyclic) bond motifs is 1. The Kier molecular flexibility index (Phi) is 5.26. The maximum Gasteiger partial charge on any atom is 0.243 e. The first-order chi connectivity index (χ1) is 11.7. The van der Waals surface area contributed by atoms with E-state index in [1.165, 1.54) is 11.3 Å². The van der Waals surface area contributed by atoms with E-state index in [9.17, 15) is 4.79 Å². The second-order valence-electron chi connectivity index (χ2n) is 5.95. The van der Waals surface area contributed by atoms with Gasteiger partial charge < -0.3 is 10.2 Å². The highest BCUT2D eigenvalue weighted by molar-refractivity contribution is 7.99. The van der Waals surface area contributed by atoms with Crippen LogP contribution in [0.1, 0.15) is 12.5 Å². The van der Waals surface area contributed by atoms with Crippen molar-refractivity contribution in [3.05, 3.63) is 66.7 Å². The molecule has 0 radical (unpaired) electrons. The van der Waals surface area contributed by atoms with Gasteiger partial charge in [0.25, 0.3) is 0 Å². The first-order valence-electron chi connectivity index (χ1n) is 8.16. The highest BCUT2D eigenvalue weighted by atomic mass is 32.2. The van der Waals surface area contributed by atoms with Crippen LogP contribution in [0.2, 0.25) is 0 Å². The maximum absolute atomic E-state index is 12.6. The first kappa shape index (κ1) is 16.7. The second-order valence-corrected chi connectivity index (χ2v) is 7.02. The molecule has 3 rings (SSSR count). The Morgan fingerprint density at radius 2 is 2.04 bits per heavy atom. The van der Waals surface area contributed by atoms with Crippen LogP contribution in [0.4, 0.5) is 11.4 Å². The number of carbonyl (C=O) groups excluding carboxylic acids is 1. The van der Waals surface area contributed by atoms with Gasteiger partial charge in [0.05, 0.1) is 12.2 Å². The van der Waals surface area contributed by atoms with E-state index in [0.29, 0.717) is 12.6 Å². The third kappa shape index (κ3) is 3.65. The fourth-order valence-corrected chi connectivity index (χ4v) is 3.81. The van der Waals surface area contributed by atoms with Gasteiger partial charge in [-0.2, -0.15) is 0 Å². The minimum Gasteiger partial charge on any atom is -0.359 e. The molecule has 2 aromatic rings. The van der Waals surface area contributed by atoms with Gasteiger partial charge in [-0.3, -0.25) is 4.79 Å². The standard InChI is InChI=1S/C20H22N2OS/c1-3-12-24-19-11-7-5-9-17(19)21-20(23)14-22-15(2)13-16-8-4-6-10-18(16)22/h3-11,15H,1,12-14H2,2H3,(H,21,23)/t15-/m1/s1. The molecule has 0 fully saturated rings. The molecule has 0 spiro atoms. The van der Waals surface area contributed by atoms with Crippen molar-refractivity contribution in [2.24, 2.45) is 0 Å². The molecule has 0 saturated heterocycles. The van der Waals surface area contributed by atoms with E-state index in [2.05, 4.69) is 41.9 Å². The number of benzene rings is 2. The Bertz CT molecular complexity index is 744. The monoisotopic (exact) mass is 338 g/mol. The smallest absolute Gasteiger partial charge is 0.243 e. The van der Waals surface area contributed by atoms with Crippen molar-refractivity contribution < 1.29 is 4.79 Å². The summed E-state index contributed by atoms with van der Waals surface area (Å²) in [6.45, 7) is 6.29. The molecule has 0 aromatic heterocycles. The van der Waals surface area contributed by atoms with E-state index in [-0.39, 0.29) is 5.91 Å². The number of carbonyl (C=O) groups is 1. The van der Waals surface area contributed by atoms with Crippen molar-refractivity contribution in [1.29, 1.82) is 0 Å². The number of hydrogen-bond acceptors (Lipinski definition) is 3. The summed E-state index contributed by atoms with van der Waals surface area (Å²) in [5.74, 6) is 0.842. The lowest BCUT2D eigenvalue weighted by Gasteiger charge is -2.24. The van der Waals surface area contributed by atoms with Crippen molar-refractivity contribution >= 4 is 29.0 Å². The summed E-state index contributed by atoms with van der Waals surface area (Å²) in [5, 5.41) is 3.06. The zero-order chi connectivity index (χ0) is 16.9. The number of anilines is 2. The fourth-order valence-electron chi connectivity index (χ4n) is 3.06. The Labute approximate surface area is 147 Å². The Balaban J connectivity index is 1.70. The molecule has 24 heavy (non-hydrogen) atoms. The molecule has 4 heteroatoms. The first-order valence-corrected chi connectivity index (χ1v) is 9.14.